The predicted molar refractivity (Wildman–Crippen MR) is 53.9 cm³/mol. The third-order valence-corrected chi connectivity index (χ3v) is 2.43. The number of benzene rings is 1. The van der Waals surface area contributed by atoms with E-state index in [4.69, 9.17) is 5.11 Å². The maximum Gasteiger partial charge on any atom is 0.416 e. The van der Waals surface area contributed by atoms with Crippen LogP contribution in [0.25, 0.3) is 0 Å². The van der Waals surface area contributed by atoms with E-state index in [0.29, 0.717) is 12.4 Å². The molecule has 0 radical (unpaired) electrons. The van der Waals surface area contributed by atoms with Gasteiger partial charge in [-0.05, 0) is 23.6 Å². The van der Waals surface area contributed by atoms with E-state index in [1.54, 1.807) is 0 Å². The van der Waals surface area contributed by atoms with Crippen molar-refractivity contribution >= 4 is 6.29 Å². The number of aldehydes is 1. The number of carbonyl (C=O) groups is 1. The van der Waals surface area contributed by atoms with Crippen molar-refractivity contribution in [2.24, 2.45) is 0 Å². The summed E-state index contributed by atoms with van der Waals surface area (Å²) in [5.41, 5.74) is -1.25. The fourth-order valence-corrected chi connectivity index (χ4v) is 1.52. The summed E-state index contributed by atoms with van der Waals surface area (Å²) in [7, 11) is 0. The summed E-state index contributed by atoms with van der Waals surface area (Å²) in [4.78, 5) is 10.3. The van der Waals surface area contributed by atoms with Crippen LogP contribution in [0.5, 0.6) is 11.5 Å². The fourth-order valence-electron chi connectivity index (χ4n) is 1.52. The third-order valence-electron chi connectivity index (χ3n) is 2.43. The van der Waals surface area contributed by atoms with Gasteiger partial charge in [-0.25, -0.2) is 0 Å². The van der Waals surface area contributed by atoms with Gasteiger partial charge in [0.05, 0.1) is 5.56 Å². The topological polar surface area (TPSA) is 57.5 Å². The zero-order chi connectivity index (χ0) is 13.2. The highest BCUT2D eigenvalue weighted by Crippen LogP contribution is 2.41. The molecular formula is C11H11F3O3. The molecule has 0 saturated carbocycles. The molecule has 0 heterocycles. The lowest BCUT2D eigenvalue weighted by molar-refractivity contribution is -0.138. The molecule has 0 aromatic heterocycles. The summed E-state index contributed by atoms with van der Waals surface area (Å²) in [6.07, 6.45) is -4.22. The molecule has 6 heteroatoms. The summed E-state index contributed by atoms with van der Waals surface area (Å²) < 4.78 is 38.0. The van der Waals surface area contributed by atoms with Gasteiger partial charge in [0.2, 0.25) is 0 Å². The van der Waals surface area contributed by atoms with Crippen molar-refractivity contribution in [1.29, 1.82) is 0 Å². The van der Waals surface area contributed by atoms with Crippen LogP contribution in [0, 0.1) is 0 Å². The Hall–Kier alpha value is -1.72. The number of phenolic OH excluding ortho intramolecular Hbond substituents is 2. The van der Waals surface area contributed by atoms with Crippen molar-refractivity contribution in [1.82, 2.24) is 0 Å². The van der Waals surface area contributed by atoms with Gasteiger partial charge in [0.25, 0.3) is 0 Å². The largest absolute Gasteiger partial charge is 0.504 e. The van der Waals surface area contributed by atoms with Gasteiger partial charge in [0.15, 0.2) is 11.5 Å². The minimum atomic E-state index is -4.64. The Bertz CT molecular complexity index is 427. The van der Waals surface area contributed by atoms with Gasteiger partial charge >= 0.3 is 6.18 Å². The number of rotatable bonds is 3. The molecule has 0 fully saturated rings. The molecule has 0 spiro atoms. The summed E-state index contributed by atoms with van der Waals surface area (Å²) in [6, 6.07) is 1.30. The molecular weight excluding hydrogens is 237 g/mol. The van der Waals surface area contributed by atoms with Gasteiger partial charge in [0, 0.05) is 6.42 Å². The van der Waals surface area contributed by atoms with E-state index in [9.17, 15) is 23.1 Å². The third kappa shape index (κ3) is 2.89. The fraction of sp³-hybridized carbons (Fsp3) is 0.364. The monoisotopic (exact) mass is 248 g/mol. The maximum atomic E-state index is 12.7. The van der Waals surface area contributed by atoms with Crippen LogP contribution in [-0.2, 0) is 11.0 Å². The first-order valence-corrected chi connectivity index (χ1v) is 4.84. The van der Waals surface area contributed by atoms with Crippen LogP contribution in [0.1, 0.15) is 30.4 Å². The molecule has 94 valence electrons. The molecule has 0 aliphatic heterocycles. The highest BCUT2D eigenvalue weighted by Gasteiger charge is 2.35. The molecule has 0 amide bonds. The zero-order valence-corrected chi connectivity index (χ0v) is 8.95. The van der Waals surface area contributed by atoms with Gasteiger partial charge in [-0.2, -0.15) is 13.2 Å². The standard InChI is InChI=1S/C11H11F3O3/c1-6(2-3-15)7-4-9(16)10(17)5-8(7)11(12,13)14/h3-6,16-17H,2H2,1H3. The van der Waals surface area contributed by atoms with Crippen molar-refractivity contribution < 1.29 is 28.2 Å². The Balaban J connectivity index is 3.35. The Morgan fingerprint density at radius 3 is 2.29 bits per heavy atom. The average molecular weight is 248 g/mol. The minimum absolute atomic E-state index is 0.0900. The Morgan fingerprint density at radius 1 is 1.29 bits per heavy atom. The van der Waals surface area contributed by atoms with E-state index in [1.807, 2.05) is 0 Å². The van der Waals surface area contributed by atoms with Crippen molar-refractivity contribution in [3.05, 3.63) is 23.3 Å². The normalized spacial score (nSPS) is 13.4. The Kier molecular flexibility index (Phi) is 3.65. The Morgan fingerprint density at radius 2 is 1.82 bits per heavy atom. The second-order valence-corrected chi connectivity index (χ2v) is 3.73. The van der Waals surface area contributed by atoms with Crippen LogP contribution < -0.4 is 0 Å². The quantitative estimate of drug-likeness (QED) is 0.638. The lowest BCUT2D eigenvalue weighted by atomic mass is 9.92. The van der Waals surface area contributed by atoms with Crippen LogP contribution in [-0.4, -0.2) is 16.5 Å². The van der Waals surface area contributed by atoms with E-state index in [1.165, 1.54) is 6.92 Å². The predicted octanol–water partition coefficient (Wildman–Crippen LogP) is 2.81. The highest BCUT2D eigenvalue weighted by atomic mass is 19.4. The van der Waals surface area contributed by atoms with E-state index in [-0.39, 0.29) is 12.0 Å². The second-order valence-electron chi connectivity index (χ2n) is 3.73. The number of alkyl halides is 3. The SMILES string of the molecule is CC(CC=O)c1cc(O)c(O)cc1C(F)(F)F. The minimum Gasteiger partial charge on any atom is -0.504 e. The van der Waals surface area contributed by atoms with E-state index in [2.05, 4.69) is 0 Å². The molecule has 1 rings (SSSR count). The Labute approximate surface area is 95.5 Å². The first-order chi connectivity index (χ1) is 7.77. The van der Waals surface area contributed by atoms with Crippen molar-refractivity contribution in [2.45, 2.75) is 25.4 Å². The first-order valence-electron chi connectivity index (χ1n) is 4.84. The zero-order valence-electron chi connectivity index (χ0n) is 8.95. The highest BCUT2D eigenvalue weighted by molar-refractivity contribution is 5.54. The number of halogens is 3. The van der Waals surface area contributed by atoms with E-state index < -0.39 is 29.2 Å². The summed E-state index contributed by atoms with van der Waals surface area (Å²) in [5, 5.41) is 18.3. The van der Waals surface area contributed by atoms with Crippen LogP contribution >= 0.6 is 0 Å². The van der Waals surface area contributed by atoms with E-state index >= 15 is 0 Å². The summed E-state index contributed by atoms with van der Waals surface area (Å²) >= 11 is 0. The number of phenols is 2. The number of aromatic hydroxyl groups is 2. The van der Waals surface area contributed by atoms with Gasteiger partial charge < -0.3 is 15.0 Å². The van der Waals surface area contributed by atoms with Crippen molar-refractivity contribution in [3.8, 4) is 11.5 Å². The number of hydrogen-bond acceptors (Lipinski definition) is 3. The number of carbonyl (C=O) groups excluding carboxylic acids is 1. The van der Waals surface area contributed by atoms with Crippen molar-refractivity contribution in [2.75, 3.05) is 0 Å². The van der Waals surface area contributed by atoms with Crippen LogP contribution in [0.4, 0.5) is 13.2 Å². The van der Waals surface area contributed by atoms with E-state index in [0.717, 1.165) is 6.07 Å². The maximum absolute atomic E-state index is 12.7. The average Bonchev–Trinajstić information content (AvgIpc) is 2.20. The lowest BCUT2D eigenvalue weighted by Gasteiger charge is -2.17. The molecule has 17 heavy (non-hydrogen) atoms. The summed E-state index contributed by atoms with van der Waals surface area (Å²) in [5.74, 6) is -2.15. The molecule has 0 aliphatic carbocycles. The smallest absolute Gasteiger partial charge is 0.416 e. The molecule has 1 unspecified atom stereocenters. The van der Waals surface area contributed by atoms with Gasteiger partial charge in [0.1, 0.15) is 6.29 Å². The molecule has 0 bridgehead atoms. The van der Waals surface area contributed by atoms with Crippen LogP contribution in [0.15, 0.2) is 12.1 Å². The van der Waals surface area contributed by atoms with Gasteiger partial charge in [-0.3, -0.25) is 0 Å². The van der Waals surface area contributed by atoms with Gasteiger partial charge in [-0.15, -0.1) is 0 Å². The molecule has 1 aromatic carbocycles. The summed E-state index contributed by atoms with van der Waals surface area (Å²) in [6.45, 7) is 1.44. The molecule has 3 nitrogen and oxygen atoms in total. The first kappa shape index (κ1) is 13.3. The molecule has 2 N–H and O–H groups in total. The lowest BCUT2D eigenvalue weighted by Crippen LogP contribution is -2.11. The number of hydrogen-bond donors (Lipinski definition) is 2. The second kappa shape index (κ2) is 4.65. The molecule has 1 atom stereocenters. The van der Waals surface area contributed by atoms with Crippen LogP contribution in [0.3, 0.4) is 0 Å². The molecule has 0 aliphatic rings. The van der Waals surface area contributed by atoms with Crippen LogP contribution in [0.2, 0.25) is 0 Å². The van der Waals surface area contributed by atoms with Gasteiger partial charge in [-0.1, -0.05) is 6.92 Å². The van der Waals surface area contributed by atoms with Crippen molar-refractivity contribution in [3.63, 3.8) is 0 Å². The molecule has 0 saturated heterocycles. The molecule has 1 aromatic rings.